The Morgan fingerprint density at radius 2 is 1.68 bits per heavy atom. The number of carbonyl (C=O) groups is 2. The molecule has 2 rings (SSSR count). The lowest BCUT2D eigenvalue weighted by Gasteiger charge is -2.03. The van der Waals surface area contributed by atoms with Gasteiger partial charge in [-0.3, -0.25) is 0 Å². The van der Waals surface area contributed by atoms with Gasteiger partial charge in [-0.25, -0.2) is 14.0 Å². The van der Waals surface area contributed by atoms with Crippen molar-refractivity contribution in [3.63, 3.8) is 0 Å². The molecule has 0 unspecified atom stereocenters. The first kappa shape index (κ1) is 13.5. The Labute approximate surface area is 120 Å². The van der Waals surface area contributed by atoms with Crippen LogP contribution in [-0.4, -0.2) is 27.1 Å². The molecule has 0 aliphatic heterocycles. The Bertz CT molecular complexity index is 663. The first-order chi connectivity index (χ1) is 8.91. The van der Waals surface area contributed by atoms with E-state index in [9.17, 15) is 14.0 Å². The summed E-state index contributed by atoms with van der Waals surface area (Å²) in [6, 6.07) is 4.97. The Kier molecular flexibility index (Phi) is 3.56. The number of aromatic amines is 1. The van der Waals surface area contributed by atoms with Crippen molar-refractivity contribution in [2.45, 2.75) is 0 Å². The Morgan fingerprint density at radius 3 is 2.16 bits per heavy atom. The van der Waals surface area contributed by atoms with Crippen LogP contribution in [0.2, 0.25) is 0 Å². The quantitative estimate of drug-likeness (QED) is 0.720. The first-order valence-corrected chi connectivity index (χ1v) is 6.13. The van der Waals surface area contributed by atoms with E-state index in [1.165, 1.54) is 12.1 Å². The summed E-state index contributed by atoms with van der Waals surface area (Å²) in [6.07, 6.45) is 0. The summed E-state index contributed by atoms with van der Waals surface area (Å²) in [5, 5.41) is 18.3. The highest BCUT2D eigenvalue weighted by atomic mass is 127. The van der Waals surface area contributed by atoms with Crippen LogP contribution >= 0.6 is 22.6 Å². The van der Waals surface area contributed by atoms with Gasteiger partial charge in [0.25, 0.3) is 0 Å². The summed E-state index contributed by atoms with van der Waals surface area (Å²) in [5.74, 6) is -3.00. The van der Waals surface area contributed by atoms with Crippen LogP contribution in [0.1, 0.15) is 20.8 Å². The molecule has 0 atom stereocenters. The van der Waals surface area contributed by atoms with Crippen LogP contribution in [0.25, 0.3) is 11.1 Å². The summed E-state index contributed by atoms with van der Waals surface area (Å²) in [7, 11) is 0. The molecule has 0 saturated carbocycles. The lowest BCUT2D eigenvalue weighted by Crippen LogP contribution is -2.02. The predicted molar refractivity (Wildman–Crippen MR) is 72.8 cm³/mol. The second-order valence-electron chi connectivity index (χ2n) is 3.68. The molecule has 0 fully saturated rings. The van der Waals surface area contributed by atoms with Crippen molar-refractivity contribution in [2.75, 3.05) is 0 Å². The molecule has 98 valence electrons. The fourth-order valence-corrected chi connectivity index (χ4v) is 2.51. The molecule has 1 aromatic carbocycles. The second kappa shape index (κ2) is 5.00. The van der Waals surface area contributed by atoms with Gasteiger partial charge < -0.3 is 15.2 Å². The number of hydrogen-bond donors (Lipinski definition) is 3. The molecule has 0 bridgehead atoms. The third-order valence-corrected chi connectivity index (χ3v) is 3.32. The van der Waals surface area contributed by atoms with E-state index >= 15 is 0 Å². The molecular formula is C12H7FINO4. The summed E-state index contributed by atoms with van der Waals surface area (Å²) in [4.78, 5) is 24.9. The number of rotatable bonds is 3. The Morgan fingerprint density at radius 1 is 1.11 bits per heavy atom. The number of benzene rings is 1. The first-order valence-electron chi connectivity index (χ1n) is 5.05. The third kappa shape index (κ3) is 2.46. The van der Waals surface area contributed by atoms with Gasteiger partial charge in [-0.1, -0.05) is 12.1 Å². The van der Waals surface area contributed by atoms with E-state index in [4.69, 9.17) is 10.2 Å². The zero-order valence-electron chi connectivity index (χ0n) is 9.28. The normalized spacial score (nSPS) is 10.4. The van der Waals surface area contributed by atoms with Gasteiger partial charge in [0.05, 0.1) is 9.26 Å². The minimum Gasteiger partial charge on any atom is -0.478 e. The maximum atomic E-state index is 12.9. The topological polar surface area (TPSA) is 90.4 Å². The number of carboxylic acid groups (broad SMARTS) is 2. The van der Waals surface area contributed by atoms with Gasteiger partial charge in [0.2, 0.25) is 0 Å². The molecule has 19 heavy (non-hydrogen) atoms. The molecule has 0 saturated heterocycles. The van der Waals surface area contributed by atoms with Crippen LogP contribution in [0.4, 0.5) is 4.39 Å². The monoisotopic (exact) mass is 375 g/mol. The molecule has 0 spiro atoms. The lowest BCUT2D eigenvalue weighted by molar-refractivity contribution is 0.0687. The van der Waals surface area contributed by atoms with E-state index in [1.54, 1.807) is 22.6 Å². The highest BCUT2D eigenvalue weighted by molar-refractivity contribution is 14.1. The van der Waals surface area contributed by atoms with Crippen molar-refractivity contribution < 1.29 is 24.2 Å². The van der Waals surface area contributed by atoms with Crippen molar-refractivity contribution in [1.82, 2.24) is 4.98 Å². The molecule has 5 nitrogen and oxygen atoms in total. The SMILES string of the molecule is O=C(O)c1[nH]c(I)c(C(=O)O)c1-c1ccc(F)cc1. The second-order valence-corrected chi connectivity index (χ2v) is 4.76. The number of hydrogen-bond acceptors (Lipinski definition) is 2. The zero-order chi connectivity index (χ0) is 14.2. The van der Waals surface area contributed by atoms with Crippen LogP contribution in [0.15, 0.2) is 24.3 Å². The van der Waals surface area contributed by atoms with Gasteiger partial charge in [0.1, 0.15) is 11.5 Å². The van der Waals surface area contributed by atoms with E-state index in [0.29, 0.717) is 5.56 Å². The number of nitrogens with one attached hydrogen (secondary N) is 1. The van der Waals surface area contributed by atoms with Crippen LogP contribution in [0.3, 0.4) is 0 Å². The molecule has 0 amide bonds. The molecule has 1 aromatic heterocycles. The average molecular weight is 375 g/mol. The maximum Gasteiger partial charge on any atom is 0.353 e. The molecule has 0 aliphatic carbocycles. The fourth-order valence-electron chi connectivity index (χ4n) is 1.74. The van der Waals surface area contributed by atoms with Crippen molar-refractivity contribution in [2.24, 2.45) is 0 Å². The van der Waals surface area contributed by atoms with E-state index in [1.807, 2.05) is 0 Å². The van der Waals surface area contributed by atoms with Crippen LogP contribution < -0.4 is 0 Å². The minimum absolute atomic E-state index is 0.0457. The van der Waals surface area contributed by atoms with Gasteiger partial charge in [-0.05, 0) is 40.3 Å². The van der Waals surface area contributed by atoms with Gasteiger partial charge in [-0.2, -0.15) is 0 Å². The molecule has 0 aliphatic rings. The summed E-state index contributed by atoms with van der Waals surface area (Å²) in [5.41, 5.74) is 0.0118. The predicted octanol–water partition coefficient (Wildman–Crippen LogP) is 2.82. The number of aromatic nitrogens is 1. The highest BCUT2D eigenvalue weighted by Gasteiger charge is 2.26. The van der Waals surface area contributed by atoms with E-state index < -0.39 is 17.8 Å². The number of aromatic carboxylic acids is 2. The summed E-state index contributed by atoms with van der Waals surface area (Å²) >= 11 is 1.72. The van der Waals surface area contributed by atoms with E-state index in [-0.39, 0.29) is 20.5 Å². The van der Waals surface area contributed by atoms with Crippen LogP contribution in [0.5, 0.6) is 0 Å². The van der Waals surface area contributed by atoms with Crippen LogP contribution in [0, 0.1) is 9.52 Å². The highest BCUT2D eigenvalue weighted by Crippen LogP contribution is 2.31. The molecule has 3 N–H and O–H groups in total. The summed E-state index contributed by atoms with van der Waals surface area (Å²) < 4.78 is 13.1. The number of carboxylic acids is 2. The smallest absolute Gasteiger partial charge is 0.353 e. The molecular weight excluding hydrogens is 368 g/mol. The number of halogens is 2. The molecule has 7 heteroatoms. The van der Waals surface area contributed by atoms with Crippen molar-refractivity contribution in [1.29, 1.82) is 0 Å². The Hall–Kier alpha value is -1.90. The van der Waals surface area contributed by atoms with Crippen molar-refractivity contribution in [3.05, 3.63) is 45.0 Å². The lowest BCUT2D eigenvalue weighted by atomic mass is 10.0. The fraction of sp³-hybridized carbons (Fsp3) is 0. The van der Waals surface area contributed by atoms with Gasteiger partial charge >= 0.3 is 11.9 Å². The number of H-pyrrole nitrogens is 1. The molecule has 2 aromatic rings. The van der Waals surface area contributed by atoms with E-state index in [2.05, 4.69) is 4.98 Å². The van der Waals surface area contributed by atoms with E-state index in [0.717, 1.165) is 12.1 Å². The standard InChI is InChI=1S/C12H7FINO4/c13-6-3-1-5(2-4-6)7-8(11(16)17)10(14)15-9(7)12(18)19/h1-4,15H,(H,16,17)(H,18,19). The molecule has 1 heterocycles. The van der Waals surface area contributed by atoms with Crippen LogP contribution in [-0.2, 0) is 0 Å². The van der Waals surface area contributed by atoms with Gasteiger partial charge in [0, 0.05) is 5.56 Å². The largest absolute Gasteiger partial charge is 0.478 e. The minimum atomic E-state index is -1.27. The summed E-state index contributed by atoms with van der Waals surface area (Å²) in [6.45, 7) is 0. The maximum absolute atomic E-state index is 12.9. The third-order valence-electron chi connectivity index (χ3n) is 2.51. The zero-order valence-corrected chi connectivity index (χ0v) is 11.4. The average Bonchev–Trinajstić information content (AvgIpc) is 2.68. The Balaban J connectivity index is 2.75. The van der Waals surface area contributed by atoms with Gasteiger partial charge in [-0.15, -0.1) is 0 Å². The van der Waals surface area contributed by atoms with Gasteiger partial charge in [0.15, 0.2) is 0 Å². The molecule has 0 radical (unpaired) electrons. The van der Waals surface area contributed by atoms with Crippen molar-refractivity contribution >= 4 is 34.5 Å². The van der Waals surface area contributed by atoms with Crippen molar-refractivity contribution in [3.8, 4) is 11.1 Å².